The maximum atomic E-state index is 12.1. The van der Waals surface area contributed by atoms with E-state index in [4.69, 9.17) is 20.5 Å². The van der Waals surface area contributed by atoms with Gasteiger partial charge in [-0.15, -0.1) is 0 Å². The molecule has 134 valence electrons. The van der Waals surface area contributed by atoms with Crippen molar-refractivity contribution in [2.45, 2.75) is 25.7 Å². The number of carbonyl (C=O) groups excluding carboxylic acids is 1. The highest BCUT2D eigenvalue weighted by molar-refractivity contribution is 5.94. The molecule has 0 aliphatic carbocycles. The number of hydrogen-bond donors (Lipinski definition) is 4. The Bertz CT molecular complexity index is 700. The second-order valence-corrected chi connectivity index (χ2v) is 5.54. The molecule has 1 aliphatic heterocycles. The van der Waals surface area contributed by atoms with Gasteiger partial charge in [0.15, 0.2) is 12.2 Å². The molecule has 0 aromatic heterocycles. The van der Waals surface area contributed by atoms with Crippen LogP contribution in [-0.4, -0.2) is 38.4 Å². The van der Waals surface area contributed by atoms with Crippen LogP contribution in [0.15, 0.2) is 23.2 Å². The summed E-state index contributed by atoms with van der Waals surface area (Å²) in [6.07, 6.45) is -0.535. The van der Waals surface area contributed by atoms with Crippen LogP contribution in [-0.2, 0) is 4.79 Å². The van der Waals surface area contributed by atoms with Gasteiger partial charge >= 0.3 is 0 Å². The molecule has 3 unspecified atom stereocenters. The third-order valence-corrected chi connectivity index (χ3v) is 3.89. The van der Waals surface area contributed by atoms with E-state index >= 15 is 0 Å². The smallest absolute Gasteiger partial charge is 0.228 e. The van der Waals surface area contributed by atoms with Gasteiger partial charge in [0.2, 0.25) is 5.91 Å². The van der Waals surface area contributed by atoms with Crippen LogP contribution in [0.5, 0.6) is 11.5 Å². The summed E-state index contributed by atoms with van der Waals surface area (Å²) in [5, 5.41) is 17.5. The van der Waals surface area contributed by atoms with Crippen LogP contribution >= 0.6 is 0 Å². The van der Waals surface area contributed by atoms with E-state index in [0.29, 0.717) is 17.2 Å². The van der Waals surface area contributed by atoms with Gasteiger partial charge in [0.25, 0.3) is 0 Å². The van der Waals surface area contributed by atoms with Crippen molar-refractivity contribution in [3.05, 3.63) is 18.2 Å². The fourth-order valence-corrected chi connectivity index (χ4v) is 2.53. The summed E-state index contributed by atoms with van der Waals surface area (Å²) >= 11 is 0. The topological polar surface area (TPSA) is 134 Å². The molecule has 1 heterocycles. The Morgan fingerprint density at radius 3 is 2.80 bits per heavy atom. The fraction of sp³-hybridized carbons (Fsp3) is 0.438. The van der Waals surface area contributed by atoms with Crippen LogP contribution in [0.2, 0.25) is 0 Å². The molecular weight excluding hydrogens is 324 g/mol. The van der Waals surface area contributed by atoms with Gasteiger partial charge in [-0.1, -0.05) is 0 Å². The van der Waals surface area contributed by atoms with Crippen molar-refractivity contribution in [1.29, 1.82) is 5.26 Å². The Balaban J connectivity index is 2.10. The van der Waals surface area contributed by atoms with Crippen LogP contribution in [0.1, 0.15) is 13.3 Å². The van der Waals surface area contributed by atoms with Crippen molar-refractivity contribution >= 4 is 17.6 Å². The Labute approximate surface area is 146 Å². The zero-order chi connectivity index (χ0) is 18.4. The molecule has 0 bridgehead atoms. The number of anilines is 1. The van der Waals surface area contributed by atoms with Gasteiger partial charge in [0.05, 0.1) is 31.9 Å². The highest BCUT2D eigenvalue weighted by Crippen LogP contribution is 2.28. The quantitative estimate of drug-likeness (QED) is 0.446. The Morgan fingerprint density at radius 1 is 1.44 bits per heavy atom. The zero-order valence-electron chi connectivity index (χ0n) is 14.4. The van der Waals surface area contributed by atoms with E-state index in [0.717, 1.165) is 0 Å². The van der Waals surface area contributed by atoms with E-state index in [1.54, 1.807) is 32.4 Å². The molecule has 2 rings (SSSR count). The SMILES string of the molecule is COc1ccc(OC)c(N/C(N)=N\C2NC(=O)C(CC#N)C(C)N2)c1. The van der Waals surface area contributed by atoms with E-state index < -0.39 is 12.2 Å². The standard InChI is InChI=1S/C16H22N6O3/c1-9-11(6-7-17)14(23)21-16(19-9)22-15(18)20-12-8-10(24-2)4-5-13(12)25-3/h4-5,8-9,11,16,19H,6H2,1-3H3,(H,21,23)(H3,18,20,22). The summed E-state index contributed by atoms with van der Waals surface area (Å²) in [7, 11) is 3.10. The van der Waals surface area contributed by atoms with Crippen molar-refractivity contribution in [1.82, 2.24) is 10.6 Å². The van der Waals surface area contributed by atoms with E-state index in [2.05, 4.69) is 20.9 Å². The van der Waals surface area contributed by atoms with Crippen LogP contribution in [0.4, 0.5) is 5.69 Å². The minimum absolute atomic E-state index is 0.0929. The minimum atomic E-state index is -0.679. The number of rotatable bonds is 5. The fourth-order valence-electron chi connectivity index (χ4n) is 2.53. The number of hydrogen-bond acceptors (Lipinski definition) is 6. The molecule has 0 spiro atoms. The number of guanidine groups is 1. The van der Waals surface area contributed by atoms with Crippen molar-refractivity contribution in [2.75, 3.05) is 19.5 Å². The van der Waals surface area contributed by atoms with Gasteiger partial charge in [-0.25, -0.2) is 4.99 Å². The first-order valence-corrected chi connectivity index (χ1v) is 7.74. The lowest BCUT2D eigenvalue weighted by Gasteiger charge is -2.32. The first kappa shape index (κ1) is 18.4. The predicted octanol–water partition coefficient (Wildman–Crippen LogP) is 0.352. The molecule has 1 fully saturated rings. The van der Waals surface area contributed by atoms with Crippen LogP contribution in [0, 0.1) is 17.2 Å². The van der Waals surface area contributed by atoms with E-state index in [1.165, 1.54) is 0 Å². The molecule has 3 atom stereocenters. The number of ether oxygens (including phenoxy) is 2. The molecule has 1 saturated heterocycles. The highest BCUT2D eigenvalue weighted by Gasteiger charge is 2.33. The highest BCUT2D eigenvalue weighted by atomic mass is 16.5. The number of aliphatic imine (C=N–C) groups is 1. The lowest BCUT2D eigenvalue weighted by molar-refractivity contribution is -0.129. The summed E-state index contributed by atoms with van der Waals surface area (Å²) in [5.41, 5.74) is 6.52. The molecule has 1 amide bonds. The van der Waals surface area contributed by atoms with E-state index in [1.807, 2.05) is 13.0 Å². The molecule has 0 radical (unpaired) electrons. The van der Waals surface area contributed by atoms with Crippen LogP contribution < -0.4 is 31.2 Å². The molecule has 5 N–H and O–H groups in total. The molecule has 0 saturated carbocycles. The first-order valence-electron chi connectivity index (χ1n) is 7.74. The van der Waals surface area contributed by atoms with E-state index in [9.17, 15) is 4.79 Å². The van der Waals surface area contributed by atoms with Crippen molar-refractivity contribution in [2.24, 2.45) is 16.6 Å². The third kappa shape index (κ3) is 4.51. The average molecular weight is 346 g/mol. The number of amides is 1. The summed E-state index contributed by atoms with van der Waals surface area (Å²) < 4.78 is 10.4. The van der Waals surface area contributed by atoms with Gasteiger partial charge in [0.1, 0.15) is 11.5 Å². The molecule has 1 aromatic rings. The minimum Gasteiger partial charge on any atom is -0.497 e. The predicted molar refractivity (Wildman–Crippen MR) is 93.0 cm³/mol. The van der Waals surface area contributed by atoms with Crippen molar-refractivity contribution in [3.8, 4) is 17.6 Å². The lowest BCUT2D eigenvalue weighted by atomic mass is 9.95. The van der Waals surface area contributed by atoms with Gasteiger partial charge in [-0.05, 0) is 19.1 Å². The number of nitrogens with one attached hydrogen (secondary N) is 3. The maximum absolute atomic E-state index is 12.1. The third-order valence-electron chi connectivity index (χ3n) is 3.89. The van der Waals surface area contributed by atoms with Gasteiger partial charge in [-0.2, -0.15) is 5.26 Å². The Kier molecular flexibility index (Phi) is 6.03. The van der Waals surface area contributed by atoms with Crippen molar-refractivity contribution < 1.29 is 14.3 Å². The molecule has 25 heavy (non-hydrogen) atoms. The Hall–Kier alpha value is -2.99. The van der Waals surface area contributed by atoms with Gasteiger partial charge in [0, 0.05) is 18.5 Å². The summed E-state index contributed by atoms with van der Waals surface area (Å²) in [4.78, 5) is 16.3. The van der Waals surface area contributed by atoms with Crippen LogP contribution in [0.25, 0.3) is 0 Å². The maximum Gasteiger partial charge on any atom is 0.228 e. The molecule has 1 aliphatic rings. The average Bonchev–Trinajstić information content (AvgIpc) is 2.58. The number of nitrogens with two attached hydrogens (primary N) is 1. The number of carbonyl (C=O) groups is 1. The second-order valence-electron chi connectivity index (χ2n) is 5.54. The zero-order valence-corrected chi connectivity index (χ0v) is 14.4. The first-order chi connectivity index (χ1) is 12.0. The Morgan fingerprint density at radius 2 is 2.20 bits per heavy atom. The van der Waals surface area contributed by atoms with E-state index in [-0.39, 0.29) is 24.3 Å². The summed E-state index contributed by atoms with van der Waals surface area (Å²) in [5.74, 6) is 0.655. The van der Waals surface area contributed by atoms with Gasteiger partial charge < -0.3 is 25.8 Å². The largest absolute Gasteiger partial charge is 0.497 e. The number of nitrogens with zero attached hydrogens (tertiary/aromatic N) is 2. The molecule has 9 nitrogen and oxygen atoms in total. The monoisotopic (exact) mass is 346 g/mol. The van der Waals surface area contributed by atoms with Crippen molar-refractivity contribution in [3.63, 3.8) is 0 Å². The summed E-state index contributed by atoms with van der Waals surface area (Å²) in [6.45, 7) is 1.83. The summed E-state index contributed by atoms with van der Waals surface area (Å²) in [6, 6.07) is 7.04. The lowest BCUT2D eigenvalue weighted by Crippen LogP contribution is -2.60. The second kappa shape index (κ2) is 8.21. The molecule has 1 aromatic carbocycles. The number of methoxy groups -OCH3 is 2. The number of nitriles is 1. The molecule has 9 heteroatoms. The normalized spacial score (nSPS) is 23.4. The number of benzene rings is 1. The van der Waals surface area contributed by atoms with Gasteiger partial charge in [-0.3, -0.25) is 10.1 Å². The van der Waals surface area contributed by atoms with Crippen LogP contribution in [0.3, 0.4) is 0 Å². The molecular formula is C16H22N6O3.